The number of benzene rings is 1. The topological polar surface area (TPSA) is 58.6 Å². The van der Waals surface area contributed by atoms with Crippen LogP contribution >= 0.6 is 0 Å². The Morgan fingerprint density at radius 2 is 1.92 bits per heavy atom. The van der Waals surface area contributed by atoms with Gasteiger partial charge in [-0.2, -0.15) is 0 Å². The van der Waals surface area contributed by atoms with Crippen LogP contribution < -0.4 is 5.32 Å². The zero-order valence-corrected chi connectivity index (χ0v) is 14.7. The molecule has 3 rings (SSSR count). The molecule has 1 aromatic rings. The van der Waals surface area contributed by atoms with Gasteiger partial charge in [-0.05, 0) is 37.3 Å². The van der Waals surface area contributed by atoms with Gasteiger partial charge >= 0.3 is 5.97 Å². The number of fused-ring (bicyclic) bond motifs is 2. The van der Waals surface area contributed by atoms with E-state index in [-0.39, 0.29) is 36.9 Å². The van der Waals surface area contributed by atoms with Crippen molar-refractivity contribution in [1.82, 2.24) is 10.2 Å². The molecule has 1 aromatic carbocycles. The molecule has 26 heavy (non-hydrogen) atoms. The number of hydrogen-bond donors (Lipinski definition) is 1. The van der Waals surface area contributed by atoms with Crippen molar-refractivity contribution >= 4 is 11.9 Å². The van der Waals surface area contributed by atoms with Crippen molar-refractivity contribution in [3.8, 4) is 0 Å². The van der Waals surface area contributed by atoms with Gasteiger partial charge < -0.3 is 10.1 Å². The SMILES string of the molecule is CCOC(=O)[C@@H]1[C@@H]2C[C@@H](CN(CC(F)F)C2)[C@@H]1NC(=O)c1ccccc1. The molecule has 1 N–H and O–H groups in total. The molecule has 4 atom stereocenters. The van der Waals surface area contributed by atoms with Crippen molar-refractivity contribution in [2.24, 2.45) is 17.8 Å². The van der Waals surface area contributed by atoms with Gasteiger partial charge in [0.2, 0.25) is 0 Å². The fourth-order valence-corrected chi connectivity index (χ4v) is 4.34. The van der Waals surface area contributed by atoms with Crippen LogP contribution in [-0.4, -0.2) is 55.5 Å². The summed E-state index contributed by atoms with van der Waals surface area (Å²) in [6.45, 7) is 2.58. The second-order valence-electron chi connectivity index (χ2n) is 7.01. The molecule has 0 radical (unpaired) electrons. The van der Waals surface area contributed by atoms with Gasteiger partial charge in [-0.25, -0.2) is 8.78 Å². The molecular weight excluding hydrogens is 342 g/mol. The maximum Gasteiger partial charge on any atom is 0.311 e. The number of rotatable bonds is 6. The number of amides is 1. The van der Waals surface area contributed by atoms with Crippen LogP contribution in [0.3, 0.4) is 0 Å². The summed E-state index contributed by atoms with van der Waals surface area (Å²) in [5, 5.41) is 2.98. The lowest BCUT2D eigenvalue weighted by molar-refractivity contribution is -0.150. The van der Waals surface area contributed by atoms with E-state index in [0.29, 0.717) is 18.7 Å². The van der Waals surface area contributed by atoms with Gasteiger partial charge in [-0.15, -0.1) is 0 Å². The lowest BCUT2D eigenvalue weighted by atomic mass is 9.93. The largest absolute Gasteiger partial charge is 0.466 e. The molecule has 7 heteroatoms. The molecule has 142 valence electrons. The number of hydrogen-bond acceptors (Lipinski definition) is 4. The van der Waals surface area contributed by atoms with Crippen molar-refractivity contribution in [3.63, 3.8) is 0 Å². The van der Waals surface area contributed by atoms with Crippen LogP contribution in [0.15, 0.2) is 30.3 Å². The van der Waals surface area contributed by atoms with E-state index < -0.39 is 18.4 Å². The number of nitrogens with one attached hydrogen (secondary N) is 1. The monoisotopic (exact) mass is 366 g/mol. The van der Waals surface area contributed by atoms with Crippen LogP contribution in [0.5, 0.6) is 0 Å². The van der Waals surface area contributed by atoms with Crippen LogP contribution in [0.2, 0.25) is 0 Å². The summed E-state index contributed by atoms with van der Waals surface area (Å²) in [7, 11) is 0. The molecule has 1 heterocycles. The third-order valence-corrected chi connectivity index (χ3v) is 5.28. The summed E-state index contributed by atoms with van der Waals surface area (Å²) >= 11 is 0. The zero-order valence-electron chi connectivity index (χ0n) is 14.7. The summed E-state index contributed by atoms with van der Waals surface area (Å²) in [5.41, 5.74) is 0.515. The normalized spacial score (nSPS) is 28.2. The average Bonchev–Trinajstić information content (AvgIpc) is 2.85. The average molecular weight is 366 g/mol. The highest BCUT2D eigenvalue weighted by Crippen LogP contribution is 2.42. The highest BCUT2D eigenvalue weighted by molar-refractivity contribution is 5.94. The minimum atomic E-state index is -2.41. The molecule has 0 aromatic heterocycles. The molecule has 2 bridgehead atoms. The van der Waals surface area contributed by atoms with Gasteiger partial charge in [0.1, 0.15) is 0 Å². The number of halogens is 2. The first-order chi connectivity index (χ1) is 12.5. The summed E-state index contributed by atoms with van der Waals surface area (Å²) in [6, 6.07) is 8.39. The first-order valence-electron chi connectivity index (χ1n) is 9.02. The molecule has 1 aliphatic carbocycles. The summed E-state index contributed by atoms with van der Waals surface area (Å²) in [6.07, 6.45) is -1.67. The van der Waals surface area contributed by atoms with Gasteiger partial charge in [0, 0.05) is 24.7 Å². The Labute approximate surface area is 151 Å². The number of carbonyl (C=O) groups is 2. The fourth-order valence-electron chi connectivity index (χ4n) is 4.34. The maximum atomic E-state index is 12.8. The van der Waals surface area contributed by atoms with E-state index in [1.807, 2.05) is 6.07 Å². The summed E-state index contributed by atoms with van der Waals surface area (Å²) in [4.78, 5) is 26.8. The zero-order chi connectivity index (χ0) is 18.7. The van der Waals surface area contributed by atoms with Crippen molar-refractivity contribution in [1.29, 1.82) is 0 Å². The van der Waals surface area contributed by atoms with E-state index in [0.717, 1.165) is 6.42 Å². The van der Waals surface area contributed by atoms with Gasteiger partial charge in [0.05, 0.1) is 19.1 Å². The van der Waals surface area contributed by atoms with Crippen LogP contribution in [0.4, 0.5) is 8.78 Å². The molecular formula is C19H24F2N2O3. The summed E-state index contributed by atoms with van der Waals surface area (Å²) in [5.74, 6) is -1.20. The molecule has 5 nitrogen and oxygen atoms in total. The predicted octanol–water partition coefficient (Wildman–Crippen LogP) is 2.18. The van der Waals surface area contributed by atoms with Crippen LogP contribution in [-0.2, 0) is 9.53 Å². The lowest BCUT2D eigenvalue weighted by Gasteiger charge is -2.32. The van der Waals surface area contributed by atoms with Gasteiger partial charge in [-0.1, -0.05) is 18.2 Å². The van der Waals surface area contributed by atoms with E-state index in [9.17, 15) is 18.4 Å². The van der Waals surface area contributed by atoms with Crippen molar-refractivity contribution in [2.75, 3.05) is 26.2 Å². The lowest BCUT2D eigenvalue weighted by Crippen LogP contribution is -2.46. The van der Waals surface area contributed by atoms with Crippen LogP contribution in [0.25, 0.3) is 0 Å². The molecule has 0 spiro atoms. The molecule has 1 saturated heterocycles. The van der Waals surface area contributed by atoms with E-state index in [4.69, 9.17) is 4.74 Å². The number of nitrogens with zero attached hydrogens (tertiary/aromatic N) is 1. The summed E-state index contributed by atoms with van der Waals surface area (Å²) < 4.78 is 30.8. The molecule has 0 unspecified atom stereocenters. The standard InChI is InChI=1S/C19H24F2N2O3/c1-2-26-19(25)16-13-8-14(10-23(9-13)11-15(20)21)17(16)22-18(24)12-6-4-3-5-7-12/h3-7,13-17H,2,8-11H2,1H3,(H,22,24)/t13-,14+,16-,17+/m1/s1. The minimum absolute atomic E-state index is 0.0328. The minimum Gasteiger partial charge on any atom is -0.466 e. The van der Waals surface area contributed by atoms with E-state index in [2.05, 4.69) is 5.32 Å². The van der Waals surface area contributed by atoms with Crippen LogP contribution in [0.1, 0.15) is 23.7 Å². The highest BCUT2D eigenvalue weighted by atomic mass is 19.3. The quantitative estimate of drug-likeness (QED) is 0.784. The number of likely N-dealkylation sites (tertiary alicyclic amines) is 1. The molecule has 1 saturated carbocycles. The van der Waals surface area contributed by atoms with Crippen molar-refractivity contribution < 1.29 is 23.1 Å². The number of carbonyl (C=O) groups excluding carboxylic acids is 2. The van der Waals surface area contributed by atoms with E-state index >= 15 is 0 Å². The van der Waals surface area contributed by atoms with Gasteiger partial charge in [0.15, 0.2) is 0 Å². The second-order valence-corrected chi connectivity index (χ2v) is 7.01. The van der Waals surface area contributed by atoms with E-state index in [1.54, 1.807) is 36.1 Å². The Bertz CT molecular complexity index is 641. The molecule has 2 fully saturated rings. The Kier molecular flexibility index (Phi) is 5.86. The second kappa shape index (κ2) is 8.12. The van der Waals surface area contributed by atoms with Crippen molar-refractivity contribution in [3.05, 3.63) is 35.9 Å². The number of ether oxygens (including phenoxy) is 1. The number of piperidine rings is 1. The first-order valence-corrected chi connectivity index (χ1v) is 9.02. The third kappa shape index (κ3) is 4.03. The van der Waals surface area contributed by atoms with E-state index in [1.165, 1.54) is 0 Å². The molecule has 2 aliphatic rings. The fraction of sp³-hybridized carbons (Fsp3) is 0.579. The van der Waals surface area contributed by atoms with Crippen molar-refractivity contribution in [2.45, 2.75) is 25.8 Å². The number of alkyl halides is 2. The highest BCUT2D eigenvalue weighted by Gasteiger charge is 2.52. The molecule has 1 amide bonds. The van der Waals surface area contributed by atoms with Gasteiger partial charge in [0.25, 0.3) is 12.3 Å². The van der Waals surface area contributed by atoms with Gasteiger partial charge in [-0.3, -0.25) is 14.5 Å². The number of esters is 1. The predicted molar refractivity (Wildman–Crippen MR) is 91.9 cm³/mol. The first kappa shape index (κ1) is 18.8. The smallest absolute Gasteiger partial charge is 0.311 e. The maximum absolute atomic E-state index is 12.8. The third-order valence-electron chi connectivity index (χ3n) is 5.28. The van der Waals surface area contributed by atoms with Crippen LogP contribution in [0, 0.1) is 17.8 Å². The molecule has 1 aliphatic heterocycles. The Hall–Kier alpha value is -2.02. The Morgan fingerprint density at radius 1 is 1.23 bits per heavy atom. The Balaban J connectivity index is 1.78. The Morgan fingerprint density at radius 3 is 2.58 bits per heavy atom.